The molecule has 31 heavy (non-hydrogen) atoms. The summed E-state index contributed by atoms with van der Waals surface area (Å²) in [5.74, 6) is 0.0275. The first-order chi connectivity index (χ1) is 14.9. The maximum absolute atomic E-state index is 12.7. The third-order valence-electron chi connectivity index (χ3n) is 5.26. The first-order valence-electron chi connectivity index (χ1n) is 10.5. The normalized spacial score (nSPS) is 14.6. The lowest BCUT2D eigenvalue weighted by molar-refractivity contribution is -0.133. The van der Waals surface area contributed by atoms with Gasteiger partial charge in [-0.2, -0.15) is 0 Å². The highest BCUT2D eigenvalue weighted by Gasteiger charge is 2.26. The van der Waals surface area contributed by atoms with Gasteiger partial charge in [-0.25, -0.2) is 4.79 Å². The van der Waals surface area contributed by atoms with Crippen LogP contribution in [-0.4, -0.2) is 54.9 Å². The Hall–Kier alpha value is -3.35. The Morgan fingerprint density at radius 2 is 1.58 bits per heavy atom. The van der Waals surface area contributed by atoms with Crippen molar-refractivity contribution in [3.63, 3.8) is 0 Å². The lowest BCUT2D eigenvalue weighted by Crippen LogP contribution is -2.54. The minimum atomic E-state index is -0.652. The molecule has 7 nitrogen and oxygen atoms in total. The molecule has 0 aromatic heterocycles. The highest BCUT2D eigenvalue weighted by Crippen LogP contribution is 2.18. The molecule has 1 saturated heterocycles. The van der Waals surface area contributed by atoms with Crippen molar-refractivity contribution in [2.24, 2.45) is 0 Å². The molecule has 1 fully saturated rings. The summed E-state index contributed by atoms with van der Waals surface area (Å²) in [5, 5.41) is 2.62. The van der Waals surface area contributed by atoms with Crippen LogP contribution in [0.1, 0.15) is 25.0 Å². The van der Waals surface area contributed by atoms with Gasteiger partial charge in [0.1, 0.15) is 18.4 Å². The fourth-order valence-corrected chi connectivity index (χ4v) is 3.57. The molecule has 0 unspecified atom stereocenters. The van der Waals surface area contributed by atoms with E-state index in [0.717, 1.165) is 16.8 Å². The van der Waals surface area contributed by atoms with Gasteiger partial charge in [-0.15, -0.1) is 0 Å². The second-order valence-electron chi connectivity index (χ2n) is 7.79. The molecule has 0 spiro atoms. The van der Waals surface area contributed by atoms with Crippen molar-refractivity contribution < 1.29 is 19.1 Å². The summed E-state index contributed by atoms with van der Waals surface area (Å²) in [4.78, 5) is 39.9. The predicted molar refractivity (Wildman–Crippen MR) is 119 cm³/mol. The van der Waals surface area contributed by atoms with E-state index in [9.17, 15) is 14.4 Å². The average Bonchev–Trinajstić information content (AvgIpc) is 2.78. The van der Waals surface area contributed by atoms with E-state index in [-0.39, 0.29) is 18.3 Å². The number of hydrogen-bond donors (Lipinski definition) is 1. The van der Waals surface area contributed by atoms with Gasteiger partial charge >= 0.3 is 6.09 Å². The van der Waals surface area contributed by atoms with Crippen LogP contribution in [0.25, 0.3) is 0 Å². The number of anilines is 1. The summed E-state index contributed by atoms with van der Waals surface area (Å²) in [5.41, 5.74) is 2.97. The number of benzene rings is 2. The third-order valence-corrected chi connectivity index (χ3v) is 5.26. The molecule has 1 atom stereocenters. The van der Waals surface area contributed by atoms with E-state index in [4.69, 9.17) is 4.74 Å². The summed E-state index contributed by atoms with van der Waals surface area (Å²) < 4.78 is 5.19. The highest BCUT2D eigenvalue weighted by molar-refractivity contribution is 5.85. The topological polar surface area (TPSA) is 79.0 Å². The Bertz CT molecular complexity index is 891. The van der Waals surface area contributed by atoms with Crippen LogP contribution in [0.15, 0.2) is 54.6 Å². The van der Waals surface area contributed by atoms with Crippen LogP contribution in [-0.2, 0) is 27.4 Å². The predicted octanol–water partition coefficient (Wildman–Crippen LogP) is 2.78. The smallest absolute Gasteiger partial charge is 0.408 e. The number of Topliss-reactive ketones (excluding diaryl/α,β-unsaturated/α-hetero) is 1. The monoisotopic (exact) mass is 423 g/mol. The number of ether oxygens (including phenoxy) is 1. The fraction of sp³-hybridized carbons (Fsp3) is 0.375. The number of ketones is 1. The molecule has 3 rings (SSSR count). The van der Waals surface area contributed by atoms with E-state index in [2.05, 4.69) is 10.2 Å². The number of piperazine rings is 1. The van der Waals surface area contributed by atoms with Crippen molar-refractivity contribution in [2.75, 3.05) is 31.1 Å². The van der Waals surface area contributed by atoms with Gasteiger partial charge in [-0.1, -0.05) is 42.5 Å². The number of carbonyl (C=O) groups is 3. The second kappa shape index (κ2) is 10.6. The number of alkyl carbamates (subject to hydrolysis) is 1. The summed E-state index contributed by atoms with van der Waals surface area (Å²) in [7, 11) is 0. The number of nitrogens with one attached hydrogen (secondary N) is 1. The van der Waals surface area contributed by atoms with Crippen molar-refractivity contribution in [1.82, 2.24) is 10.2 Å². The van der Waals surface area contributed by atoms with Gasteiger partial charge in [0, 0.05) is 38.3 Å². The number of carbonyl (C=O) groups excluding carboxylic acids is 3. The molecule has 1 heterocycles. The molecule has 7 heteroatoms. The van der Waals surface area contributed by atoms with Gasteiger partial charge < -0.3 is 19.9 Å². The number of rotatable bonds is 7. The number of hydrogen-bond acceptors (Lipinski definition) is 5. The number of amides is 2. The summed E-state index contributed by atoms with van der Waals surface area (Å²) in [6, 6.07) is 16.7. The Labute approximate surface area is 183 Å². The average molecular weight is 424 g/mol. The Kier molecular flexibility index (Phi) is 7.65. The molecule has 2 amide bonds. The van der Waals surface area contributed by atoms with Crippen molar-refractivity contribution in [1.29, 1.82) is 0 Å². The van der Waals surface area contributed by atoms with Crippen LogP contribution in [0.4, 0.5) is 10.5 Å². The molecule has 0 aliphatic carbocycles. The summed E-state index contributed by atoms with van der Waals surface area (Å²) >= 11 is 0. The zero-order chi connectivity index (χ0) is 22.2. The van der Waals surface area contributed by atoms with Crippen molar-refractivity contribution in [2.45, 2.75) is 32.9 Å². The van der Waals surface area contributed by atoms with Crippen molar-refractivity contribution in [3.05, 3.63) is 65.7 Å². The van der Waals surface area contributed by atoms with E-state index >= 15 is 0 Å². The molecule has 1 N–H and O–H groups in total. The van der Waals surface area contributed by atoms with Gasteiger partial charge in [-0.05, 0) is 37.1 Å². The van der Waals surface area contributed by atoms with E-state index < -0.39 is 12.1 Å². The molecule has 0 bridgehead atoms. The fourth-order valence-electron chi connectivity index (χ4n) is 3.57. The van der Waals surface area contributed by atoms with E-state index in [1.54, 1.807) is 18.7 Å². The van der Waals surface area contributed by atoms with Crippen LogP contribution in [0.3, 0.4) is 0 Å². The minimum Gasteiger partial charge on any atom is -0.445 e. The first-order valence-corrected chi connectivity index (χ1v) is 10.5. The van der Waals surface area contributed by atoms with Gasteiger partial charge in [0.2, 0.25) is 5.91 Å². The number of nitrogens with zero attached hydrogens (tertiary/aromatic N) is 2. The Morgan fingerprint density at radius 1 is 0.935 bits per heavy atom. The molecule has 2 aromatic rings. The molecular weight excluding hydrogens is 394 g/mol. The van der Waals surface area contributed by atoms with Crippen molar-refractivity contribution >= 4 is 23.5 Å². The lowest BCUT2D eigenvalue weighted by Gasteiger charge is -2.37. The van der Waals surface area contributed by atoms with Crippen LogP contribution >= 0.6 is 0 Å². The van der Waals surface area contributed by atoms with Crippen LogP contribution in [0.2, 0.25) is 0 Å². The second-order valence-corrected chi connectivity index (χ2v) is 7.79. The maximum atomic E-state index is 12.7. The highest BCUT2D eigenvalue weighted by atomic mass is 16.5. The van der Waals surface area contributed by atoms with Crippen molar-refractivity contribution in [3.8, 4) is 0 Å². The summed E-state index contributed by atoms with van der Waals surface area (Å²) in [6.45, 7) is 6.01. The molecule has 164 valence electrons. The standard InChI is InChI=1S/C24H29N3O4/c1-18(28)16-20-8-10-22(11-9-20)26-12-14-27(15-13-26)23(29)19(2)25-24(30)31-17-21-6-4-3-5-7-21/h3-11,19H,12-17H2,1-2H3,(H,25,30)/t19-/m0/s1. The Balaban J connectivity index is 1.43. The maximum Gasteiger partial charge on any atom is 0.408 e. The minimum absolute atomic E-state index is 0.117. The molecule has 0 radical (unpaired) electrons. The summed E-state index contributed by atoms with van der Waals surface area (Å²) in [6.07, 6.45) is -0.157. The molecule has 1 aliphatic rings. The molecule has 0 saturated carbocycles. The van der Waals surface area contributed by atoms with Gasteiger partial charge in [0.05, 0.1) is 0 Å². The SMILES string of the molecule is CC(=O)Cc1ccc(N2CCN(C(=O)[C@H](C)NC(=O)OCc3ccccc3)CC2)cc1. The van der Waals surface area contributed by atoms with Gasteiger partial charge in [0.25, 0.3) is 0 Å². The lowest BCUT2D eigenvalue weighted by atomic mass is 10.1. The first kappa shape index (κ1) is 22.3. The molecule has 1 aliphatic heterocycles. The molecular formula is C24H29N3O4. The van der Waals surface area contributed by atoms with E-state index in [1.807, 2.05) is 54.6 Å². The largest absolute Gasteiger partial charge is 0.445 e. The zero-order valence-electron chi connectivity index (χ0n) is 18.0. The van der Waals surface area contributed by atoms with Crippen LogP contribution in [0.5, 0.6) is 0 Å². The zero-order valence-corrected chi connectivity index (χ0v) is 18.0. The van der Waals surface area contributed by atoms with E-state index in [0.29, 0.717) is 32.6 Å². The van der Waals surface area contributed by atoms with Crippen LogP contribution < -0.4 is 10.2 Å². The molecule has 2 aromatic carbocycles. The van der Waals surface area contributed by atoms with E-state index in [1.165, 1.54) is 0 Å². The Morgan fingerprint density at radius 3 is 2.19 bits per heavy atom. The van der Waals surface area contributed by atoms with Crippen LogP contribution in [0, 0.1) is 0 Å². The quantitative estimate of drug-likeness (QED) is 0.741. The van der Waals surface area contributed by atoms with Gasteiger partial charge in [-0.3, -0.25) is 9.59 Å². The van der Waals surface area contributed by atoms with Gasteiger partial charge in [0.15, 0.2) is 0 Å². The third kappa shape index (κ3) is 6.57.